The van der Waals surface area contributed by atoms with Crippen LogP contribution < -0.4 is 0 Å². The molecule has 2 aromatic carbocycles. The van der Waals surface area contributed by atoms with E-state index in [0.717, 1.165) is 44.7 Å². The first-order valence-corrected chi connectivity index (χ1v) is 11.5. The number of ether oxygens (including phenoxy) is 1. The number of nitro groups is 1. The molecule has 168 valence electrons. The molecule has 0 aromatic heterocycles. The number of hydrogen-bond donors (Lipinski definition) is 1. The van der Waals surface area contributed by atoms with Crippen molar-refractivity contribution in [2.45, 2.75) is 37.7 Å². The van der Waals surface area contributed by atoms with Crippen molar-refractivity contribution in [1.82, 2.24) is 9.80 Å². The number of aliphatic hydroxyl groups is 1. The van der Waals surface area contributed by atoms with Crippen LogP contribution in [0.15, 0.2) is 53.4 Å². The third kappa shape index (κ3) is 7.75. The molecule has 2 atom stereocenters. The van der Waals surface area contributed by atoms with Crippen molar-refractivity contribution < 1.29 is 14.2 Å². The minimum atomic E-state index is -0.841. The fourth-order valence-corrected chi connectivity index (χ4v) is 4.42. The van der Waals surface area contributed by atoms with E-state index in [1.165, 1.54) is 5.56 Å². The zero-order chi connectivity index (χ0) is 22.2. The Balaban J connectivity index is 1.66. The van der Waals surface area contributed by atoms with Crippen molar-refractivity contribution in [2.75, 3.05) is 26.2 Å². The first-order chi connectivity index (χ1) is 14.9. The van der Waals surface area contributed by atoms with Crippen molar-refractivity contribution >= 4 is 23.5 Å². The van der Waals surface area contributed by atoms with E-state index in [9.17, 15) is 15.2 Å². The third-order valence-electron chi connectivity index (χ3n) is 5.29. The van der Waals surface area contributed by atoms with Crippen LogP contribution in [0.3, 0.4) is 0 Å². The molecule has 3 rings (SSSR count). The van der Waals surface area contributed by atoms with Crippen LogP contribution in [0.2, 0.25) is 5.02 Å². The van der Waals surface area contributed by atoms with Gasteiger partial charge in [-0.15, -0.1) is 0 Å². The summed E-state index contributed by atoms with van der Waals surface area (Å²) >= 11 is 6.65. The SMILES string of the molecule is CCOC(O)N1CCC(CN(Cc2ccc(Cl)cc2)Cc2ccc(S[N+](=O)[O-])cc2)C1. The second-order valence-electron chi connectivity index (χ2n) is 7.69. The van der Waals surface area contributed by atoms with Gasteiger partial charge in [-0.1, -0.05) is 35.9 Å². The number of likely N-dealkylation sites (tertiary alicyclic amines) is 1. The molecule has 1 aliphatic rings. The Morgan fingerprint density at radius 3 is 2.42 bits per heavy atom. The van der Waals surface area contributed by atoms with Gasteiger partial charge in [0.1, 0.15) is 4.33 Å². The minimum Gasteiger partial charge on any atom is -0.356 e. The predicted octanol–water partition coefficient (Wildman–Crippen LogP) is 4.26. The van der Waals surface area contributed by atoms with Gasteiger partial charge < -0.3 is 9.84 Å². The largest absolute Gasteiger partial charge is 0.356 e. The standard InChI is InChI=1S/C22H28ClN3O4S/c1-2-30-22(27)25-12-11-19(16-25)15-24(13-17-3-7-20(23)8-4-17)14-18-5-9-21(10-6-18)31-26(28)29/h3-10,19,22,27H,2,11-16H2,1H3. The number of rotatable bonds is 11. The lowest BCUT2D eigenvalue weighted by atomic mass is 10.1. The molecule has 0 amide bonds. The van der Waals surface area contributed by atoms with Crippen molar-refractivity contribution in [3.05, 3.63) is 74.8 Å². The Labute approximate surface area is 192 Å². The van der Waals surface area contributed by atoms with Crippen molar-refractivity contribution in [3.8, 4) is 0 Å². The highest BCUT2D eigenvalue weighted by atomic mass is 35.5. The third-order valence-corrected chi connectivity index (χ3v) is 6.17. The second-order valence-corrected chi connectivity index (χ2v) is 9.07. The molecule has 0 aliphatic carbocycles. The number of aliphatic hydroxyl groups excluding tert-OH is 1. The van der Waals surface area contributed by atoms with Crippen molar-refractivity contribution in [3.63, 3.8) is 0 Å². The maximum absolute atomic E-state index is 10.7. The van der Waals surface area contributed by atoms with E-state index in [0.29, 0.717) is 34.4 Å². The number of halogens is 1. The molecule has 0 bridgehead atoms. The van der Waals surface area contributed by atoms with Gasteiger partial charge >= 0.3 is 0 Å². The fraction of sp³-hybridized carbons (Fsp3) is 0.455. The summed E-state index contributed by atoms with van der Waals surface area (Å²) in [5, 5.41) is 21.5. The Morgan fingerprint density at radius 1 is 1.23 bits per heavy atom. The molecule has 0 spiro atoms. The average Bonchev–Trinajstić information content (AvgIpc) is 3.19. The van der Waals surface area contributed by atoms with Crippen LogP contribution >= 0.6 is 23.5 Å². The molecule has 0 saturated carbocycles. The molecule has 1 aliphatic heterocycles. The molecule has 31 heavy (non-hydrogen) atoms. The molecule has 2 aromatic rings. The molecule has 0 radical (unpaired) electrons. The van der Waals surface area contributed by atoms with Gasteiger partial charge in [-0.2, -0.15) is 0 Å². The summed E-state index contributed by atoms with van der Waals surface area (Å²) in [5.74, 6) is 0.423. The first-order valence-electron chi connectivity index (χ1n) is 10.3. The van der Waals surface area contributed by atoms with E-state index in [1.54, 1.807) is 12.1 Å². The monoisotopic (exact) mass is 465 g/mol. The molecule has 1 heterocycles. The van der Waals surface area contributed by atoms with Gasteiger partial charge in [0.05, 0.1) is 4.90 Å². The number of benzene rings is 2. The Hall–Kier alpha value is -1.68. The van der Waals surface area contributed by atoms with Crippen LogP contribution in [0.25, 0.3) is 0 Å². The highest BCUT2D eigenvalue weighted by molar-refractivity contribution is 7.93. The highest BCUT2D eigenvalue weighted by Gasteiger charge is 2.28. The first kappa shape index (κ1) is 24.0. The Morgan fingerprint density at radius 2 is 1.84 bits per heavy atom. The van der Waals surface area contributed by atoms with Gasteiger partial charge in [0.25, 0.3) is 11.9 Å². The summed E-state index contributed by atoms with van der Waals surface area (Å²) in [7, 11) is 0. The van der Waals surface area contributed by atoms with Crippen molar-refractivity contribution in [2.24, 2.45) is 5.92 Å². The van der Waals surface area contributed by atoms with E-state index in [1.807, 2.05) is 48.2 Å². The van der Waals surface area contributed by atoms with Gasteiger partial charge in [0.2, 0.25) is 6.41 Å². The molecule has 1 saturated heterocycles. The van der Waals surface area contributed by atoms with Gasteiger partial charge in [-0.25, -0.2) is 0 Å². The average molecular weight is 466 g/mol. The predicted molar refractivity (Wildman–Crippen MR) is 122 cm³/mol. The maximum atomic E-state index is 10.7. The summed E-state index contributed by atoms with van der Waals surface area (Å²) in [6.45, 7) is 6.34. The molecular weight excluding hydrogens is 438 g/mol. The lowest BCUT2D eigenvalue weighted by molar-refractivity contribution is -0.284. The zero-order valence-electron chi connectivity index (χ0n) is 17.5. The second kappa shape index (κ2) is 11.8. The molecule has 1 N–H and O–H groups in total. The number of hydrogen-bond acceptors (Lipinski definition) is 7. The molecular formula is C22H28ClN3O4S. The van der Waals surface area contributed by atoms with Crippen LogP contribution in [-0.4, -0.2) is 51.9 Å². The Kier molecular flexibility index (Phi) is 9.13. The van der Waals surface area contributed by atoms with Crippen LogP contribution in [0.4, 0.5) is 0 Å². The van der Waals surface area contributed by atoms with Gasteiger partial charge in [0, 0.05) is 44.4 Å². The fourth-order valence-electron chi connectivity index (χ4n) is 3.86. The molecule has 9 heteroatoms. The van der Waals surface area contributed by atoms with E-state index in [2.05, 4.69) is 4.90 Å². The lowest BCUT2D eigenvalue weighted by Gasteiger charge is -2.27. The summed E-state index contributed by atoms with van der Waals surface area (Å²) in [6.07, 6.45) is 0.158. The summed E-state index contributed by atoms with van der Waals surface area (Å²) in [4.78, 5) is 15.7. The van der Waals surface area contributed by atoms with E-state index in [-0.39, 0.29) is 0 Å². The summed E-state index contributed by atoms with van der Waals surface area (Å²) in [6, 6.07) is 15.3. The van der Waals surface area contributed by atoms with Gasteiger partial charge in [-0.05, 0) is 54.7 Å². The summed E-state index contributed by atoms with van der Waals surface area (Å²) < 4.78 is 4.93. The molecule has 7 nitrogen and oxygen atoms in total. The zero-order valence-corrected chi connectivity index (χ0v) is 19.1. The van der Waals surface area contributed by atoms with Crippen LogP contribution in [0, 0.1) is 16.0 Å². The smallest absolute Gasteiger partial charge is 0.265 e. The van der Waals surface area contributed by atoms with Crippen molar-refractivity contribution in [1.29, 1.82) is 0 Å². The Bertz CT molecular complexity index is 838. The maximum Gasteiger partial charge on any atom is 0.265 e. The molecule has 2 unspecified atom stereocenters. The van der Waals surface area contributed by atoms with Gasteiger partial charge in [0.15, 0.2) is 0 Å². The topological polar surface area (TPSA) is 79.1 Å². The highest BCUT2D eigenvalue weighted by Crippen LogP contribution is 2.23. The number of nitrogens with zero attached hydrogens (tertiary/aromatic N) is 3. The lowest BCUT2D eigenvalue weighted by Crippen LogP contribution is -2.37. The van der Waals surface area contributed by atoms with Crippen LogP contribution in [-0.2, 0) is 17.8 Å². The summed E-state index contributed by atoms with van der Waals surface area (Å²) in [5.41, 5.74) is 2.28. The van der Waals surface area contributed by atoms with E-state index in [4.69, 9.17) is 16.3 Å². The quantitative estimate of drug-likeness (QED) is 0.230. The normalized spacial score (nSPS) is 17.9. The van der Waals surface area contributed by atoms with E-state index < -0.39 is 10.7 Å². The minimum absolute atomic E-state index is 0.398. The molecule has 1 fully saturated rings. The van der Waals surface area contributed by atoms with Crippen LogP contribution in [0.1, 0.15) is 24.5 Å². The van der Waals surface area contributed by atoms with Crippen LogP contribution in [0.5, 0.6) is 0 Å². The van der Waals surface area contributed by atoms with Gasteiger partial charge in [-0.3, -0.25) is 19.9 Å². The van der Waals surface area contributed by atoms with E-state index >= 15 is 0 Å².